The van der Waals surface area contributed by atoms with Crippen molar-refractivity contribution in [1.29, 1.82) is 0 Å². The SMILES string of the molecule is CO[C@H]1Cc2ccccc2[C@@H]1c1nc(N)cc(N)n1. The van der Waals surface area contributed by atoms with Crippen LogP contribution >= 0.6 is 0 Å². The van der Waals surface area contributed by atoms with Crippen LogP contribution in [-0.4, -0.2) is 23.2 Å². The first-order chi connectivity index (χ1) is 9.19. The number of hydrogen-bond acceptors (Lipinski definition) is 5. The molecule has 1 aromatic carbocycles. The number of hydrogen-bond donors (Lipinski definition) is 2. The number of aromatic nitrogens is 2. The molecule has 19 heavy (non-hydrogen) atoms. The van der Waals surface area contributed by atoms with E-state index >= 15 is 0 Å². The van der Waals surface area contributed by atoms with E-state index in [1.54, 1.807) is 13.2 Å². The topological polar surface area (TPSA) is 87.0 Å². The molecule has 0 bridgehead atoms. The molecule has 1 aliphatic rings. The number of anilines is 2. The molecule has 0 spiro atoms. The molecule has 0 saturated carbocycles. The van der Waals surface area contributed by atoms with Crippen molar-refractivity contribution in [1.82, 2.24) is 9.97 Å². The van der Waals surface area contributed by atoms with Crippen LogP contribution in [0.1, 0.15) is 22.9 Å². The predicted molar refractivity (Wildman–Crippen MR) is 73.6 cm³/mol. The van der Waals surface area contributed by atoms with Gasteiger partial charge < -0.3 is 16.2 Å². The van der Waals surface area contributed by atoms with Gasteiger partial charge >= 0.3 is 0 Å². The number of rotatable bonds is 2. The zero-order valence-electron chi connectivity index (χ0n) is 10.7. The molecule has 0 unspecified atom stereocenters. The maximum Gasteiger partial charge on any atom is 0.143 e. The monoisotopic (exact) mass is 256 g/mol. The Morgan fingerprint density at radius 3 is 2.53 bits per heavy atom. The number of nitrogens with zero attached hydrogens (tertiary/aromatic N) is 2. The second-order valence-corrected chi connectivity index (χ2v) is 4.73. The molecule has 3 rings (SSSR count). The van der Waals surface area contributed by atoms with Gasteiger partial charge in [-0.2, -0.15) is 0 Å². The summed E-state index contributed by atoms with van der Waals surface area (Å²) in [6, 6.07) is 9.80. The predicted octanol–water partition coefficient (Wildman–Crippen LogP) is 1.34. The first-order valence-electron chi connectivity index (χ1n) is 6.19. The Bertz CT molecular complexity index is 594. The van der Waals surface area contributed by atoms with Gasteiger partial charge in [-0.3, -0.25) is 0 Å². The molecule has 1 aromatic heterocycles. The van der Waals surface area contributed by atoms with Gasteiger partial charge in [0.15, 0.2) is 0 Å². The third-order valence-electron chi connectivity index (χ3n) is 3.55. The van der Waals surface area contributed by atoms with E-state index in [1.807, 2.05) is 12.1 Å². The number of benzene rings is 1. The Kier molecular flexibility index (Phi) is 2.83. The summed E-state index contributed by atoms with van der Waals surface area (Å²) >= 11 is 0. The average molecular weight is 256 g/mol. The van der Waals surface area contributed by atoms with Gasteiger partial charge in [-0.05, 0) is 17.5 Å². The van der Waals surface area contributed by atoms with Gasteiger partial charge in [-0.25, -0.2) is 9.97 Å². The summed E-state index contributed by atoms with van der Waals surface area (Å²) in [6.07, 6.45) is 0.883. The summed E-state index contributed by atoms with van der Waals surface area (Å²) in [5, 5.41) is 0. The van der Waals surface area contributed by atoms with E-state index in [0.29, 0.717) is 17.5 Å². The van der Waals surface area contributed by atoms with Crippen LogP contribution in [0.4, 0.5) is 11.6 Å². The van der Waals surface area contributed by atoms with Crippen LogP contribution in [0, 0.1) is 0 Å². The number of methoxy groups -OCH3 is 1. The summed E-state index contributed by atoms with van der Waals surface area (Å²) in [5.41, 5.74) is 14.0. The van der Waals surface area contributed by atoms with E-state index < -0.39 is 0 Å². The lowest BCUT2D eigenvalue weighted by atomic mass is 9.99. The number of nitrogens with two attached hydrogens (primary N) is 2. The third kappa shape index (κ3) is 2.02. The Labute approximate surface area is 111 Å². The summed E-state index contributed by atoms with van der Waals surface area (Å²) in [4.78, 5) is 8.64. The number of ether oxygens (including phenoxy) is 1. The smallest absolute Gasteiger partial charge is 0.143 e. The Morgan fingerprint density at radius 1 is 1.16 bits per heavy atom. The van der Waals surface area contributed by atoms with Crippen LogP contribution in [0.5, 0.6) is 0 Å². The van der Waals surface area contributed by atoms with Crippen molar-refractivity contribution >= 4 is 11.6 Å². The lowest BCUT2D eigenvalue weighted by Crippen LogP contribution is -2.20. The largest absolute Gasteiger partial charge is 0.384 e. The molecule has 2 aromatic rings. The molecule has 1 heterocycles. The van der Waals surface area contributed by atoms with Gasteiger partial charge in [0, 0.05) is 13.2 Å². The van der Waals surface area contributed by atoms with E-state index in [9.17, 15) is 0 Å². The zero-order chi connectivity index (χ0) is 13.4. The van der Waals surface area contributed by atoms with Gasteiger partial charge in [0.25, 0.3) is 0 Å². The fourth-order valence-corrected chi connectivity index (χ4v) is 2.73. The first-order valence-corrected chi connectivity index (χ1v) is 6.19. The van der Waals surface area contributed by atoms with Crippen molar-refractivity contribution in [2.75, 3.05) is 18.6 Å². The van der Waals surface area contributed by atoms with E-state index in [0.717, 1.165) is 6.42 Å². The number of nitrogen functional groups attached to an aromatic ring is 2. The molecule has 0 saturated heterocycles. The number of fused-ring (bicyclic) bond motifs is 1. The fraction of sp³-hybridized carbons (Fsp3) is 0.286. The molecular weight excluding hydrogens is 240 g/mol. The molecule has 98 valence electrons. The summed E-state index contributed by atoms with van der Waals surface area (Å²) in [5.74, 6) is 1.41. The van der Waals surface area contributed by atoms with Crippen molar-refractivity contribution in [2.45, 2.75) is 18.4 Å². The lowest BCUT2D eigenvalue weighted by Gasteiger charge is -2.18. The average Bonchev–Trinajstić information content (AvgIpc) is 2.75. The van der Waals surface area contributed by atoms with Gasteiger partial charge in [0.1, 0.15) is 17.5 Å². The van der Waals surface area contributed by atoms with Crippen LogP contribution < -0.4 is 11.5 Å². The van der Waals surface area contributed by atoms with Crippen LogP contribution in [0.2, 0.25) is 0 Å². The zero-order valence-corrected chi connectivity index (χ0v) is 10.7. The summed E-state index contributed by atoms with van der Waals surface area (Å²) in [6.45, 7) is 0. The van der Waals surface area contributed by atoms with Crippen LogP contribution in [0.3, 0.4) is 0 Å². The molecule has 5 nitrogen and oxygen atoms in total. The van der Waals surface area contributed by atoms with Crippen LogP contribution in [0.25, 0.3) is 0 Å². The Balaban J connectivity index is 2.11. The molecule has 4 N–H and O–H groups in total. The normalized spacial score (nSPS) is 21.3. The summed E-state index contributed by atoms with van der Waals surface area (Å²) < 4.78 is 5.58. The molecule has 0 amide bonds. The van der Waals surface area contributed by atoms with Crippen molar-refractivity contribution < 1.29 is 4.74 Å². The molecule has 1 aliphatic carbocycles. The highest BCUT2D eigenvalue weighted by Crippen LogP contribution is 2.38. The van der Waals surface area contributed by atoms with E-state index in [1.165, 1.54) is 11.1 Å². The minimum absolute atomic E-state index is 0.00741. The minimum Gasteiger partial charge on any atom is -0.384 e. The van der Waals surface area contributed by atoms with Gasteiger partial charge in [0.05, 0.1) is 12.0 Å². The highest BCUT2D eigenvalue weighted by Gasteiger charge is 2.35. The van der Waals surface area contributed by atoms with E-state index in [2.05, 4.69) is 22.1 Å². The highest BCUT2D eigenvalue weighted by atomic mass is 16.5. The second-order valence-electron chi connectivity index (χ2n) is 4.73. The Hall–Kier alpha value is -2.14. The molecule has 0 aliphatic heterocycles. The van der Waals surface area contributed by atoms with E-state index in [4.69, 9.17) is 16.2 Å². The maximum atomic E-state index is 5.76. The second kappa shape index (κ2) is 4.51. The minimum atomic E-state index is -0.00741. The standard InChI is InChI=1S/C14H16N4O/c1-19-10-6-8-4-2-3-5-9(8)13(10)14-17-11(15)7-12(16)18-14/h2-5,7,10,13H,6H2,1H3,(H4,15,16,17,18)/t10-,13-/m0/s1. The Morgan fingerprint density at radius 2 is 1.84 bits per heavy atom. The van der Waals surface area contributed by atoms with Crippen molar-refractivity contribution in [2.24, 2.45) is 0 Å². The quantitative estimate of drug-likeness (QED) is 0.846. The van der Waals surface area contributed by atoms with Crippen LogP contribution in [0.15, 0.2) is 30.3 Å². The molecule has 2 atom stereocenters. The van der Waals surface area contributed by atoms with Gasteiger partial charge in [0.2, 0.25) is 0 Å². The fourth-order valence-electron chi connectivity index (χ4n) is 2.73. The van der Waals surface area contributed by atoms with Gasteiger partial charge in [-0.15, -0.1) is 0 Å². The van der Waals surface area contributed by atoms with Gasteiger partial charge in [-0.1, -0.05) is 24.3 Å². The lowest BCUT2D eigenvalue weighted by molar-refractivity contribution is 0.0969. The highest BCUT2D eigenvalue weighted by molar-refractivity contribution is 5.46. The van der Waals surface area contributed by atoms with Crippen molar-refractivity contribution in [3.8, 4) is 0 Å². The third-order valence-corrected chi connectivity index (χ3v) is 3.55. The molecule has 5 heteroatoms. The van der Waals surface area contributed by atoms with E-state index in [-0.39, 0.29) is 12.0 Å². The molecule has 0 fully saturated rings. The van der Waals surface area contributed by atoms with Crippen molar-refractivity contribution in [3.63, 3.8) is 0 Å². The summed E-state index contributed by atoms with van der Waals surface area (Å²) in [7, 11) is 1.71. The first kappa shape index (κ1) is 11.9. The van der Waals surface area contributed by atoms with Crippen LogP contribution in [-0.2, 0) is 11.2 Å². The molecule has 0 radical (unpaired) electrons. The maximum absolute atomic E-state index is 5.76. The molecular formula is C14H16N4O. The van der Waals surface area contributed by atoms with Crippen molar-refractivity contribution in [3.05, 3.63) is 47.3 Å².